The normalized spacial score (nSPS) is 25.9. The first kappa shape index (κ1) is 22.2. The number of rotatable bonds is 4. The van der Waals surface area contributed by atoms with E-state index >= 15 is 0 Å². The van der Waals surface area contributed by atoms with Crippen LogP contribution in [-0.2, 0) is 0 Å². The summed E-state index contributed by atoms with van der Waals surface area (Å²) in [6, 6.07) is 19.2. The Kier molecular flexibility index (Phi) is 5.20. The van der Waals surface area contributed by atoms with E-state index in [1.165, 1.54) is 22.4 Å². The Bertz CT molecular complexity index is 1510. The SMILES string of the molecule is C=C/C(=C\C=C(/C)C#N)c1ccccc1N1C2=C(CC3Oc4ccccc4C3=C2)[C@@]2(C)C=CC=CC12. The minimum absolute atomic E-state index is 0.0517. The van der Waals surface area contributed by atoms with Gasteiger partial charge in [-0.05, 0) is 49.3 Å². The van der Waals surface area contributed by atoms with Gasteiger partial charge in [0.15, 0.2) is 0 Å². The van der Waals surface area contributed by atoms with Gasteiger partial charge in [-0.3, -0.25) is 0 Å². The number of anilines is 1. The van der Waals surface area contributed by atoms with Gasteiger partial charge in [0.25, 0.3) is 0 Å². The van der Waals surface area contributed by atoms with Gasteiger partial charge < -0.3 is 9.64 Å². The highest BCUT2D eigenvalue weighted by molar-refractivity contribution is 5.88. The smallest absolute Gasteiger partial charge is 0.128 e. The topological polar surface area (TPSA) is 36.3 Å². The third-order valence-electron chi connectivity index (χ3n) is 7.84. The van der Waals surface area contributed by atoms with E-state index < -0.39 is 0 Å². The summed E-state index contributed by atoms with van der Waals surface area (Å²) in [7, 11) is 0. The molecule has 0 bridgehead atoms. The summed E-state index contributed by atoms with van der Waals surface area (Å²) < 4.78 is 6.41. The van der Waals surface area contributed by atoms with Crippen LogP contribution in [0.3, 0.4) is 0 Å². The molecule has 0 fully saturated rings. The fourth-order valence-electron chi connectivity index (χ4n) is 5.99. The summed E-state index contributed by atoms with van der Waals surface area (Å²) in [4.78, 5) is 2.49. The highest BCUT2D eigenvalue weighted by Gasteiger charge is 2.51. The second-order valence-electron chi connectivity index (χ2n) is 9.92. The average Bonchev–Trinajstić information content (AvgIpc) is 3.40. The molecule has 2 aliphatic heterocycles. The molecule has 3 atom stereocenters. The van der Waals surface area contributed by atoms with Gasteiger partial charge in [0, 0.05) is 45.5 Å². The van der Waals surface area contributed by atoms with Crippen molar-refractivity contribution in [2.24, 2.45) is 5.41 Å². The van der Waals surface area contributed by atoms with Crippen LogP contribution in [0.2, 0.25) is 0 Å². The molecule has 0 N–H and O–H groups in total. The van der Waals surface area contributed by atoms with Crippen molar-refractivity contribution in [1.29, 1.82) is 5.26 Å². The molecule has 0 saturated heterocycles. The van der Waals surface area contributed by atoms with Gasteiger partial charge in [0.1, 0.15) is 11.9 Å². The predicted molar refractivity (Wildman–Crippen MR) is 147 cm³/mol. The van der Waals surface area contributed by atoms with Gasteiger partial charge in [0.2, 0.25) is 0 Å². The van der Waals surface area contributed by atoms with E-state index in [1.54, 1.807) is 0 Å². The molecule has 0 aromatic heterocycles. The number of nitriles is 1. The van der Waals surface area contributed by atoms with Crippen LogP contribution in [0.15, 0.2) is 121 Å². The van der Waals surface area contributed by atoms with E-state index in [1.807, 2.05) is 31.2 Å². The van der Waals surface area contributed by atoms with Gasteiger partial charge in [-0.25, -0.2) is 0 Å². The van der Waals surface area contributed by atoms with Crippen molar-refractivity contribution in [1.82, 2.24) is 0 Å². The van der Waals surface area contributed by atoms with E-state index in [-0.39, 0.29) is 17.6 Å². The van der Waals surface area contributed by atoms with Crippen molar-refractivity contribution in [2.75, 3.05) is 4.90 Å². The maximum Gasteiger partial charge on any atom is 0.128 e. The molecule has 3 nitrogen and oxygen atoms in total. The Balaban J connectivity index is 1.54. The molecule has 2 aliphatic carbocycles. The molecule has 2 aromatic carbocycles. The van der Waals surface area contributed by atoms with Crippen LogP contribution in [0.1, 0.15) is 31.4 Å². The molecule has 2 aromatic rings. The number of hydrogen-bond donors (Lipinski definition) is 0. The molecule has 0 saturated carbocycles. The van der Waals surface area contributed by atoms with Crippen LogP contribution in [0.4, 0.5) is 5.69 Å². The Hall–Kier alpha value is -4.29. The second kappa shape index (κ2) is 8.43. The van der Waals surface area contributed by atoms with Gasteiger partial charge >= 0.3 is 0 Å². The summed E-state index contributed by atoms with van der Waals surface area (Å²) in [5.41, 5.74) is 8.86. The lowest BCUT2D eigenvalue weighted by molar-refractivity contribution is 0.265. The Labute approximate surface area is 213 Å². The van der Waals surface area contributed by atoms with E-state index in [4.69, 9.17) is 4.74 Å². The van der Waals surface area contributed by atoms with Crippen molar-refractivity contribution >= 4 is 16.8 Å². The third-order valence-corrected chi connectivity index (χ3v) is 7.84. The molecule has 4 aliphatic rings. The fraction of sp³-hybridized carbons (Fsp3) is 0.182. The largest absolute Gasteiger partial charge is 0.485 e. The maximum atomic E-state index is 9.23. The molecule has 36 heavy (non-hydrogen) atoms. The number of nitrogens with zero attached hydrogens (tertiary/aromatic N) is 2. The summed E-state index contributed by atoms with van der Waals surface area (Å²) in [5.74, 6) is 0.971. The third kappa shape index (κ3) is 3.26. The summed E-state index contributed by atoms with van der Waals surface area (Å²) in [5, 5.41) is 9.23. The van der Waals surface area contributed by atoms with Crippen LogP contribution < -0.4 is 9.64 Å². The van der Waals surface area contributed by atoms with Crippen molar-refractivity contribution in [3.05, 3.63) is 132 Å². The highest BCUT2D eigenvalue weighted by Crippen LogP contribution is 2.56. The average molecular weight is 469 g/mol. The molecule has 0 radical (unpaired) electrons. The fourth-order valence-corrected chi connectivity index (χ4v) is 5.99. The number of fused-ring (bicyclic) bond motifs is 5. The van der Waals surface area contributed by atoms with Crippen molar-refractivity contribution in [2.45, 2.75) is 32.4 Å². The van der Waals surface area contributed by atoms with Gasteiger partial charge in [-0.2, -0.15) is 5.26 Å². The highest BCUT2D eigenvalue weighted by atomic mass is 16.5. The lowest BCUT2D eigenvalue weighted by Gasteiger charge is -2.37. The van der Waals surface area contributed by atoms with E-state index in [9.17, 15) is 5.26 Å². The zero-order valence-electron chi connectivity index (χ0n) is 20.6. The zero-order valence-corrected chi connectivity index (χ0v) is 20.6. The summed E-state index contributed by atoms with van der Waals surface area (Å²) in [6.07, 6.45) is 18.0. The van der Waals surface area contributed by atoms with Crippen LogP contribution in [0.5, 0.6) is 5.75 Å². The number of hydrogen-bond acceptors (Lipinski definition) is 3. The van der Waals surface area contributed by atoms with E-state index in [2.05, 4.69) is 97.3 Å². The van der Waals surface area contributed by atoms with E-state index in [0.717, 1.165) is 29.0 Å². The summed E-state index contributed by atoms with van der Waals surface area (Å²) in [6.45, 7) is 8.25. The lowest BCUT2D eigenvalue weighted by atomic mass is 9.72. The molecule has 3 heteroatoms. The number of para-hydroxylation sites is 2. The minimum Gasteiger partial charge on any atom is -0.485 e. The molecule has 2 heterocycles. The van der Waals surface area contributed by atoms with E-state index in [0.29, 0.717) is 5.57 Å². The molecule has 0 amide bonds. The zero-order chi connectivity index (χ0) is 24.9. The van der Waals surface area contributed by atoms with Gasteiger partial charge in [-0.15, -0.1) is 0 Å². The first-order chi connectivity index (χ1) is 17.5. The van der Waals surface area contributed by atoms with Crippen molar-refractivity contribution in [3.63, 3.8) is 0 Å². The molecular weight excluding hydrogens is 440 g/mol. The quantitative estimate of drug-likeness (QED) is 0.343. The first-order valence-corrected chi connectivity index (χ1v) is 12.4. The van der Waals surface area contributed by atoms with Crippen LogP contribution in [-0.4, -0.2) is 12.1 Å². The first-order valence-electron chi connectivity index (χ1n) is 12.4. The van der Waals surface area contributed by atoms with Gasteiger partial charge in [0.05, 0.1) is 12.1 Å². The van der Waals surface area contributed by atoms with Crippen molar-refractivity contribution in [3.8, 4) is 11.8 Å². The molecule has 6 rings (SSSR count). The van der Waals surface area contributed by atoms with Crippen LogP contribution in [0.25, 0.3) is 11.1 Å². The molecule has 176 valence electrons. The van der Waals surface area contributed by atoms with Crippen molar-refractivity contribution < 1.29 is 4.74 Å². The van der Waals surface area contributed by atoms with Crippen LogP contribution in [0, 0.1) is 16.7 Å². The number of benzene rings is 2. The monoisotopic (exact) mass is 468 g/mol. The second-order valence-corrected chi connectivity index (χ2v) is 9.92. The summed E-state index contributed by atoms with van der Waals surface area (Å²) >= 11 is 0. The molecular formula is C33H28N2O. The standard InChI is InChI=1S/C33H28N2O/c1-4-23(17-16-22(2)21-34)24-11-5-7-13-28(24)35-29-19-26-25-12-6-8-14-30(25)36-31(26)20-27(29)33(3)18-10-9-15-32(33)35/h4-19,31-32H,1,20H2,2-3H3/b22-16+,23-17+/t31?,32?,33-/m1/s1. The minimum atomic E-state index is -0.132. The predicted octanol–water partition coefficient (Wildman–Crippen LogP) is 7.55. The van der Waals surface area contributed by atoms with Gasteiger partial charge in [-0.1, -0.05) is 79.4 Å². The molecule has 0 spiro atoms. The molecule has 2 unspecified atom stereocenters. The Morgan fingerprint density at radius 2 is 1.94 bits per heavy atom. The van der Waals surface area contributed by atoms with Crippen LogP contribution >= 0.6 is 0 Å². The Morgan fingerprint density at radius 3 is 2.78 bits per heavy atom. The Morgan fingerprint density at radius 1 is 1.14 bits per heavy atom. The number of allylic oxidation sites excluding steroid dienone is 8. The number of ether oxygens (including phenoxy) is 1. The lowest BCUT2D eigenvalue weighted by Crippen LogP contribution is -2.39. The maximum absolute atomic E-state index is 9.23.